The van der Waals surface area contributed by atoms with E-state index >= 15 is 0 Å². The quantitative estimate of drug-likeness (QED) is 0.601. The molecular formula is C23H21FN2O2. The molecular weight excluding hydrogens is 355 g/mol. The molecule has 3 rings (SSSR count). The molecule has 0 aliphatic carbocycles. The predicted molar refractivity (Wildman–Crippen MR) is 107 cm³/mol. The highest BCUT2D eigenvalue weighted by Crippen LogP contribution is 2.24. The van der Waals surface area contributed by atoms with E-state index in [-0.39, 0.29) is 17.8 Å². The third-order valence-electron chi connectivity index (χ3n) is 4.13. The fraction of sp³-hybridized carbons (Fsp3) is 0.130. The van der Waals surface area contributed by atoms with Gasteiger partial charge in [0.2, 0.25) is 5.91 Å². The summed E-state index contributed by atoms with van der Waals surface area (Å²) in [5, 5.41) is 2.91. The lowest BCUT2D eigenvalue weighted by molar-refractivity contribution is -0.117. The number of rotatable bonds is 6. The minimum atomic E-state index is -0.307. The van der Waals surface area contributed by atoms with E-state index in [1.54, 1.807) is 24.4 Å². The normalized spacial score (nSPS) is 12.0. The minimum absolute atomic E-state index is 0.204. The van der Waals surface area contributed by atoms with Gasteiger partial charge in [0.25, 0.3) is 0 Å². The lowest BCUT2D eigenvalue weighted by Gasteiger charge is -2.14. The van der Waals surface area contributed by atoms with Gasteiger partial charge in [-0.25, -0.2) is 4.39 Å². The number of benzene rings is 2. The van der Waals surface area contributed by atoms with Crippen molar-refractivity contribution in [3.05, 3.63) is 95.6 Å². The van der Waals surface area contributed by atoms with Crippen LogP contribution in [-0.4, -0.2) is 10.9 Å². The first-order chi connectivity index (χ1) is 13.5. The third kappa shape index (κ3) is 5.51. The van der Waals surface area contributed by atoms with Gasteiger partial charge in [0, 0.05) is 11.8 Å². The largest absolute Gasteiger partial charge is 0.456 e. The van der Waals surface area contributed by atoms with Crippen molar-refractivity contribution in [1.82, 2.24) is 10.3 Å². The molecule has 0 saturated heterocycles. The average Bonchev–Trinajstić information content (AvgIpc) is 2.69. The van der Waals surface area contributed by atoms with E-state index < -0.39 is 0 Å². The third-order valence-corrected chi connectivity index (χ3v) is 4.13. The van der Waals surface area contributed by atoms with Crippen molar-refractivity contribution >= 4 is 12.0 Å². The van der Waals surface area contributed by atoms with Gasteiger partial charge in [0.05, 0.1) is 12.2 Å². The number of aromatic nitrogens is 1. The van der Waals surface area contributed by atoms with Crippen LogP contribution in [0.25, 0.3) is 6.08 Å². The number of pyridine rings is 1. The molecule has 142 valence electrons. The first-order valence-corrected chi connectivity index (χ1v) is 8.94. The number of halogens is 1. The SMILES string of the molecule is Cc1ccc(Oc2cccc([C@@H](C)NC(=O)/C=C/c3ccc(F)cc3)c2)cn1. The van der Waals surface area contributed by atoms with Gasteiger partial charge >= 0.3 is 0 Å². The van der Waals surface area contributed by atoms with E-state index in [1.165, 1.54) is 18.2 Å². The highest BCUT2D eigenvalue weighted by Gasteiger charge is 2.09. The van der Waals surface area contributed by atoms with E-state index in [9.17, 15) is 9.18 Å². The summed E-state index contributed by atoms with van der Waals surface area (Å²) in [6, 6.07) is 17.0. The summed E-state index contributed by atoms with van der Waals surface area (Å²) >= 11 is 0. The fourth-order valence-electron chi connectivity index (χ4n) is 2.59. The van der Waals surface area contributed by atoms with Crippen LogP contribution in [0.2, 0.25) is 0 Å². The molecule has 0 spiro atoms. The molecule has 0 bridgehead atoms. The van der Waals surface area contributed by atoms with Crippen LogP contribution in [0.4, 0.5) is 4.39 Å². The van der Waals surface area contributed by atoms with Crippen molar-refractivity contribution in [3.8, 4) is 11.5 Å². The molecule has 0 unspecified atom stereocenters. The highest BCUT2D eigenvalue weighted by atomic mass is 19.1. The topological polar surface area (TPSA) is 51.2 Å². The zero-order valence-corrected chi connectivity index (χ0v) is 15.7. The van der Waals surface area contributed by atoms with E-state index in [2.05, 4.69) is 10.3 Å². The van der Waals surface area contributed by atoms with Gasteiger partial charge in [-0.3, -0.25) is 9.78 Å². The van der Waals surface area contributed by atoms with Crippen LogP contribution >= 0.6 is 0 Å². The summed E-state index contributed by atoms with van der Waals surface area (Å²) in [6.45, 7) is 3.81. The molecule has 0 saturated carbocycles. The molecule has 2 aromatic carbocycles. The van der Waals surface area contributed by atoms with E-state index in [0.29, 0.717) is 11.5 Å². The van der Waals surface area contributed by atoms with Crippen LogP contribution < -0.4 is 10.1 Å². The summed E-state index contributed by atoms with van der Waals surface area (Å²) in [6.07, 6.45) is 4.75. The molecule has 4 nitrogen and oxygen atoms in total. The van der Waals surface area contributed by atoms with E-state index in [0.717, 1.165) is 16.8 Å². The van der Waals surface area contributed by atoms with Gasteiger partial charge in [-0.2, -0.15) is 0 Å². The Morgan fingerprint density at radius 3 is 2.61 bits per heavy atom. The summed E-state index contributed by atoms with van der Waals surface area (Å²) in [7, 11) is 0. The van der Waals surface area contributed by atoms with Crippen molar-refractivity contribution in [1.29, 1.82) is 0 Å². The number of hydrogen-bond donors (Lipinski definition) is 1. The molecule has 3 aromatic rings. The van der Waals surface area contributed by atoms with E-state index in [1.807, 2.05) is 50.2 Å². The number of carbonyl (C=O) groups is 1. The Hall–Kier alpha value is -3.47. The first kappa shape index (κ1) is 19.3. The predicted octanol–water partition coefficient (Wildman–Crippen LogP) is 5.21. The number of carbonyl (C=O) groups excluding carboxylic acids is 1. The maximum Gasteiger partial charge on any atom is 0.244 e. The second-order valence-electron chi connectivity index (χ2n) is 6.42. The van der Waals surface area contributed by atoms with Crippen molar-refractivity contribution < 1.29 is 13.9 Å². The van der Waals surface area contributed by atoms with Gasteiger partial charge in [-0.15, -0.1) is 0 Å². The summed E-state index contributed by atoms with van der Waals surface area (Å²) in [5.74, 6) is 0.789. The lowest BCUT2D eigenvalue weighted by Crippen LogP contribution is -2.24. The maximum atomic E-state index is 12.9. The van der Waals surface area contributed by atoms with Crippen molar-refractivity contribution in [2.24, 2.45) is 0 Å². The molecule has 0 fully saturated rings. The molecule has 0 radical (unpaired) electrons. The summed E-state index contributed by atoms with van der Waals surface area (Å²) in [5.41, 5.74) is 2.60. The molecule has 1 aromatic heterocycles. The number of nitrogens with zero attached hydrogens (tertiary/aromatic N) is 1. The Bertz CT molecular complexity index is 967. The Morgan fingerprint density at radius 2 is 1.89 bits per heavy atom. The van der Waals surface area contributed by atoms with Gasteiger partial charge in [-0.05, 0) is 67.4 Å². The van der Waals surface area contributed by atoms with Gasteiger partial charge in [0.15, 0.2) is 0 Å². The Balaban J connectivity index is 1.62. The second kappa shape index (κ2) is 8.95. The van der Waals surface area contributed by atoms with Crippen molar-refractivity contribution in [2.75, 3.05) is 0 Å². The summed E-state index contributed by atoms with van der Waals surface area (Å²) in [4.78, 5) is 16.4. The number of nitrogens with one attached hydrogen (secondary N) is 1. The zero-order chi connectivity index (χ0) is 19.9. The second-order valence-corrected chi connectivity index (χ2v) is 6.42. The fourth-order valence-corrected chi connectivity index (χ4v) is 2.59. The van der Waals surface area contributed by atoms with Crippen molar-refractivity contribution in [3.63, 3.8) is 0 Å². The molecule has 1 N–H and O–H groups in total. The number of aryl methyl sites for hydroxylation is 1. The molecule has 5 heteroatoms. The molecule has 28 heavy (non-hydrogen) atoms. The van der Waals surface area contributed by atoms with Crippen LogP contribution in [0.1, 0.15) is 29.8 Å². The van der Waals surface area contributed by atoms with Crippen LogP contribution in [0.15, 0.2) is 72.9 Å². The Kier molecular flexibility index (Phi) is 6.17. The minimum Gasteiger partial charge on any atom is -0.456 e. The Labute approximate surface area is 163 Å². The van der Waals surface area contributed by atoms with Gasteiger partial charge in [0.1, 0.15) is 17.3 Å². The molecule has 0 aliphatic heterocycles. The van der Waals surface area contributed by atoms with Gasteiger partial charge < -0.3 is 10.1 Å². The summed E-state index contributed by atoms with van der Waals surface area (Å²) < 4.78 is 18.7. The smallest absolute Gasteiger partial charge is 0.244 e. The van der Waals surface area contributed by atoms with Crippen LogP contribution in [0.3, 0.4) is 0 Å². The van der Waals surface area contributed by atoms with Crippen LogP contribution in [-0.2, 0) is 4.79 Å². The number of amides is 1. The van der Waals surface area contributed by atoms with Crippen molar-refractivity contribution in [2.45, 2.75) is 19.9 Å². The lowest BCUT2D eigenvalue weighted by atomic mass is 10.1. The Morgan fingerprint density at radius 1 is 1.11 bits per heavy atom. The van der Waals surface area contributed by atoms with Gasteiger partial charge in [-0.1, -0.05) is 24.3 Å². The maximum absolute atomic E-state index is 12.9. The number of hydrogen-bond acceptors (Lipinski definition) is 3. The zero-order valence-electron chi connectivity index (χ0n) is 15.7. The van der Waals surface area contributed by atoms with Crippen LogP contribution in [0, 0.1) is 12.7 Å². The molecule has 1 amide bonds. The number of ether oxygens (including phenoxy) is 1. The van der Waals surface area contributed by atoms with Crippen LogP contribution in [0.5, 0.6) is 11.5 Å². The molecule has 1 atom stereocenters. The highest BCUT2D eigenvalue weighted by molar-refractivity contribution is 5.91. The van der Waals surface area contributed by atoms with E-state index in [4.69, 9.17) is 4.74 Å². The average molecular weight is 376 g/mol. The monoisotopic (exact) mass is 376 g/mol. The molecule has 0 aliphatic rings. The molecule has 1 heterocycles. The standard InChI is InChI=1S/C23H21FN2O2/c1-16-6-12-22(15-25-16)28-21-5-3-4-19(14-21)17(2)26-23(27)13-9-18-7-10-20(24)11-8-18/h3-15,17H,1-2H3,(H,26,27)/b13-9+/t17-/m1/s1. The first-order valence-electron chi connectivity index (χ1n) is 8.94.